The molecule has 0 spiro atoms. The van der Waals surface area contributed by atoms with Crippen LogP contribution in [0.3, 0.4) is 0 Å². The van der Waals surface area contributed by atoms with E-state index in [2.05, 4.69) is 20.5 Å². The topological polar surface area (TPSA) is 91.2 Å². The molecule has 2 aromatic heterocycles. The molecule has 3 heterocycles. The number of ether oxygens (including phenoxy) is 2. The number of rotatable bonds is 8. The second kappa shape index (κ2) is 8.84. The monoisotopic (exact) mass is 435 g/mol. The average Bonchev–Trinajstić information content (AvgIpc) is 3.42. The van der Waals surface area contributed by atoms with Gasteiger partial charge in [-0.05, 0) is 23.4 Å². The number of imidazole rings is 1. The fourth-order valence-electron chi connectivity index (χ4n) is 2.52. The smallest absolute Gasteiger partial charge is 0.236 e. The Morgan fingerprint density at radius 2 is 2.18 bits per heavy atom. The highest BCUT2D eigenvalue weighted by Crippen LogP contribution is 2.33. The van der Waals surface area contributed by atoms with Gasteiger partial charge in [0.1, 0.15) is 0 Å². The van der Waals surface area contributed by atoms with Crippen LogP contribution in [0.1, 0.15) is 12.5 Å². The van der Waals surface area contributed by atoms with E-state index in [4.69, 9.17) is 9.47 Å². The van der Waals surface area contributed by atoms with Crippen LogP contribution < -0.4 is 14.8 Å². The SMILES string of the molecule is CCSc1nnc(NC(=O)CSc2nccn2Cc2ccc3c(c2)OCO3)s1. The molecule has 146 valence electrons. The van der Waals surface area contributed by atoms with Gasteiger partial charge in [-0.3, -0.25) is 10.1 Å². The fourth-order valence-corrected chi connectivity index (χ4v) is 4.94. The van der Waals surface area contributed by atoms with Gasteiger partial charge in [0.05, 0.1) is 5.75 Å². The highest BCUT2D eigenvalue weighted by Gasteiger charge is 2.15. The molecule has 4 rings (SSSR count). The van der Waals surface area contributed by atoms with Gasteiger partial charge in [-0.1, -0.05) is 47.9 Å². The van der Waals surface area contributed by atoms with Gasteiger partial charge in [0.25, 0.3) is 0 Å². The summed E-state index contributed by atoms with van der Waals surface area (Å²) < 4.78 is 13.6. The molecular formula is C17H17N5O3S3. The zero-order chi connectivity index (χ0) is 19.3. The van der Waals surface area contributed by atoms with E-state index < -0.39 is 0 Å². The maximum absolute atomic E-state index is 12.2. The third-order valence-electron chi connectivity index (χ3n) is 3.72. The molecule has 0 saturated carbocycles. The summed E-state index contributed by atoms with van der Waals surface area (Å²) in [7, 11) is 0. The van der Waals surface area contributed by atoms with Crippen LogP contribution in [0.2, 0.25) is 0 Å². The van der Waals surface area contributed by atoms with Crippen LogP contribution in [0.5, 0.6) is 11.5 Å². The van der Waals surface area contributed by atoms with Gasteiger partial charge in [0, 0.05) is 18.9 Å². The molecule has 8 nitrogen and oxygen atoms in total. The van der Waals surface area contributed by atoms with Crippen molar-refractivity contribution in [2.75, 3.05) is 23.6 Å². The van der Waals surface area contributed by atoms with Crippen LogP contribution in [0.4, 0.5) is 5.13 Å². The zero-order valence-electron chi connectivity index (χ0n) is 15.0. The molecule has 1 amide bonds. The van der Waals surface area contributed by atoms with Crippen molar-refractivity contribution in [3.8, 4) is 11.5 Å². The number of thioether (sulfide) groups is 2. The number of benzene rings is 1. The van der Waals surface area contributed by atoms with Gasteiger partial charge in [-0.15, -0.1) is 10.2 Å². The first kappa shape index (κ1) is 19.1. The van der Waals surface area contributed by atoms with Gasteiger partial charge in [0.15, 0.2) is 21.0 Å². The summed E-state index contributed by atoms with van der Waals surface area (Å²) in [6, 6.07) is 5.86. The maximum Gasteiger partial charge on any atom is 0.236 e. The van der Waals surface area contributed by atoms with Crippen molar-refractivity contribution in [3.05, 3.63) is 36.2 Å². The molecule has 0 radical (unpaired) electrons. The second-order valence-corrected chi connectivity index (χ2v) is 9.10. The van der Waals surface area contributed by atoms with Crippen LogP contribution >= 0.6 is 34.9 Å². The standard InChI is InChI=1S/C17H17N5O3S3/c1-2-26-17-21-20-15(28-17)19-14(23)9-27-16-18-5-6-22(16)8-11-3-4-12-13(7-11)25-10-24-12/h3-7H,2,8-10H2,1H3,(H,19,20,23). The van der Waals surface area contributed by atoms with E-state index in [0.29, 0.717) is 11.7 Å². The second-order valence-electron chi connectivity index (χ2n) is 5.67. The Hall–Kier alpha value is -2.24. The first-order valence-electron chi connectivity index (χ1n) is 8.50. The van der Waals surface area contributed by atoms with E-state index in [-0.39, 0.29) is 18.5 Å². The van der Waals surface area contributed by atoms with E-state index >= 15 is 0 Å². The molecule has 3 aromatic rings. The number of nitrogens with one attached hydrogen (secondary N) is 1. The quantitative estimate of drug-likeness (QED) is 0.425. The Morgan fingerprint density at radius 1 is 1.29 bits per heavy atom. The number of aromatic nitrogens is 4. The molecule has 28 heavy (non-hydrogen) atoms. The van der Waals surface area contributed by atoms with Gasteiger partial charge < -0.3 is 14.0 Å². The average molecular weight is 436 g/mol. The molecule has 0 unspecified atom stereocenters. The van der Waals surface area contributed by atoms with Gasteiger partial charge >= 0.3 is 0 Å². The number of amides is 1. The lowest BCUT2D eigenvalue weighted by molar-refractivity contribution is -0.113. The minimum absolute atomic E-state index is 0.133. The van der Waals surface area contributed by atoms with Crippen LogP contribution in [-0.4, -0.2) is 44.0 Å². The zero-order valence-corrected chi connectivity index (χ0v) is 17.4. The Morgan fingerprint density at radius 3 is 3.07 bits per heavy atom. The predicted molar refractivity (Wildman–Crippen MR) is 110 cm³/mol. The fraction of sp³-hybridized carbons (Fsp3) is 0.294. The van der Waals surface area contributed by atoms with E-state index in [9.17, 15) is 4.79 Å². The molecule has 11 heteroatoms. The van der Waals surface area contributed by atoms with Crippen LogP contribution in [0, 0.1) is 0 Å². The summed E-state index contributed by atoms with van der Waals surface area (Å²) in [5.74, 6) is 2.55. The molecule has 0 fully saturated rings. The third kappa shape index (κ3) is 4.59. The van der Waals surface area contributed by atoms with Crippen molar-refractivity contribution in [1.82, 2.24) is 19.7 Å². The van der Waals surface area contributed by atoms with E-state index in [0.717, 1.165) is 32.3 Å². The normalized spacial score (nSPS) is 12.3. The minimum atomic E-state index is -0.133. The summed E-state index contributed by atoms with van der Waals surface area (Å²) in [4.78, 5) is 16.6. The highest BCUT2D eigenvalue weighted by atomic mass is 32.2. The Kier molecular flexibility index (Phi) is 6.03. The Balaban J connectivity index is 1.33. The highest BCUT2D eigenvalue weighted by molar-refractivity contribution is 8.01. The summed E-state index contributed by atoms with van der Waals surface area (Å²) >= 11 is 4.36. The van der Waals surface area contributed by atoms with Crippen LogP contribution in [0.25, 0.3) is 0 Å². The van der Waals surface area contributed by atoms with Crippen molar-refractivity contribution in [2.24, 2.45) is 0 Å². The molecule has 1 aliphatic rings. The first-order valence-corrected chi connectivity index (χ1v) is 11.3. The van der Waals surface area contributed by atoms with Crippen molar-refractivity contribution in [2.45, 2.75) is 23.0 Å². The third-order valence-corrected chi connectivity index (χ3v) is 6.58. The molecule has 0 atom stereocenters. The molecule has 1 N–H and O–H groups in total. The van der Waals surface area contributed by atoms with Crippen LogP contribution in [0.15, 0.2) is 40.1 Å². The first-order chi connectivity index (χ1) is 13.7. The molecule has 0 saturated heterocycles. The lowest BCUT2D eigenvalue weighted by Gasteiger charge is -2.08. The minimum Gasteiger partial charge on any atom is -0.454 e. The van der Waals surface area contributed by atoms with Crippen molar-refractivity contribution in [1.29, 1.82) is 0 Å². The number of fused-ring (bicyclic) bond motifs is 1. The number of hydrogen-bond acceptors (Lipinski definition) is 9. The van der Waals surface area contributed by atoms with Gasteiger partial charge in [-0.2, -0.15) is 0 Å². The van der Waals surface area contributed by atoms with Crippen molar-refractivity contribution < 1.29 is 14.3 Å². The van der Waals surface area contributed by atoms with Crippen molar-refractivity contribution >= 4 is 45.9 Å². The van der Waals surface area contributed by atoms with E-state index in [1.54, 1.807) is 18.0 Å². The largest absolute Gasteiger partial charge is 0.454 e. The molecular weight excluding hydrogens is 418 g/mol. The van der Waals surface area contributed by atoms with Crippen molar-refractivity contribution in [3.63, 3.8) is 0 Å². The Labute approximate surface area is 174 Å². The van der Waals surface area contributed by atoms with Gasteiger partial charge in [0.2, 0.25) is 17.8 Å². The van der Waals surface area contributed by atoms with E-state index in [1.807, 2.05) is 35.9 Å². The van der Waals surface area contributed by atoms with Gasteiger partial charge in [-0.25, -0.2) is 4.98 Å². The molecule has 0 aliphatic carbocycles. The lowest BCUT2D eigenvalue weighted by atomic mass is 10.2. The lowest BCUT2D eigenvalue weighted by Crippen LogP contribution is -2.14. The van der Waals surface area contributed by atoms with Crippen LogP contribution in [-0.2, 0) is 11.3 Å². The number of hydrogen-bond donors (Lipinski definition) is 1. The number of nitrogens with zero attached hydrogens (tertiary/aromatic N) is 4. The Bertz CT molecular complexity index is 975. The number of carbonyl (C=O) groups excluding carboxylic acids is 1. The number of carbonyl (C=O) groups is 1. The maximum atomic E-state index is 12.2. The van der Waals surface area contributed by atoms with E-state index in [1.165, 1.54) is 23.1 Å². The summed E-state index contributed by atoms with van der Waals surface area (Å²) in [6.07, 6.45) is 3.62. The molecule has 0 bridgehead atoms. The summed E-state index contributed by atoms with van der Waals surface area (Å²) in [6.45, 7) is 2.94. The molecule has 1 aromatic carbocycles. The molecule has 1 aliphatic heterocycles. The predicted octanol–water partition coefficient (Wildman–Crippen LogP) is 3.35. The number of anilines is 1. The summed E-state index contributed by atoms with van der Waals surface area (Å²) in [5.41, 5.74) is 1.07. The summed E-state index contributed by atoms with van der Waals surface area (Å²) in [5, 5.41) is 12.1.